The van der Waals surface area contributed by atoms with Gasteiger partial charge in [-0.1, -0.05) is 6.07 Å². The number of rotatable bonds is 0. The van der Waals surface area contributed by atoms with E-state index in [4.69, 9.17) is 0 Å². The summed E-state index contributed by atoms with van der Waals surface area (Å²) in [5.74, 6) is 0. The quantitative estimate of drug-likeness (QED) is 0.678. The van der Waals surface area contributed by atoms with Gasteiger partial charge in [0.25, 0.3) is 5.56 Å². The molecule has 0 radical (unpaired) electrons. The maximum atomic E-state index is 12.6. The number of pyridine rings is 1. The minimum atomic E-state index is -4.44. The Morgan fingerprint density at radius 1 is 1.12 bits per heavy atom. The van der Waals surface area contributed by atoms with Crippen LogP contribution in [0.4, 0.5) is 13.2 Å². The van der Waals surface area contributed by atoms with Crippen molar-refractivity contribution in [3.8, 4) is 0 Å². The highest BCUT2D eigenvalue weighted by atomic mass is 19.4. The van der Waals surface area contributed by atoms with E-state index in [1.54, 1.807) is 0 Å². The maximum absolute atomic E-state index is 12.6. The zero-order chi connectivity index (χ0) is 11.9. The number of halogens is 3. The molecule has 0 aliphatic rings. The third kappa shape index (κ3) is 1.58. The summed E-state index contributed by atoms with van der Waals surface area (Å²) < 4.78 is 39.2. The Balaban J connectivity index is 2.91. The Morgan fingerprint density at radius 3 is 2.44 bits per heavy atom. The molecule has 0 saturated heterocycles. The third-order valence-corrected chi connectivity index (χ3v) is 2.43. The van der Waals surface area contributed by atoms with Gasteiger partial charge in [-0.3, -0.25) is 4.79 Å². The molecule has 0 fully saturated rings. The van der Waals surface area contributed by atoms with Gasteiger partial charge in [0.2, 0.25) is 0 Å². The SMILES string of the molecule is Cn1ccc2c(C(F)(F)F)cccc2c1=O. The Hall–Kier alpha value is -1.78. The summed E-state index contributed by atoms with van der Waals surface area (Å²) in [4.78, 5) is 11.6. The topological polar surface area (TPSA) is 22.0 Å². The van der Waals surface area contributed by atoms with Crippen molar-refractivity contribution in [1.82, 2.24) is 4.57 Å². The van der Waals surface area contributed by atoms with Crippen LogP contribution in [0.5, 0.6) is 0 Å². The van der Waals surface area contributed by atoms with E-state index >= 15 is 0 Å². The van der Waals surface area contributed by atoms with Crippen LogP contribution in [0.25, 0.3) is 10.8 Å². The van der Waals surface area contributed by atoms with Gasteiger partial charge < -0.3 is 4.57 Å². The molecule has 0 amide bonds. The van der Waals surface area contributed by atoms with Crippen molar-refractivity contribution in [1.29, 1.82) is 0 Å². The lowest BCUT2D eigenvalue weighted by Crippen LogP contribution is -2.17. The maximum Gasteiger partial charge on any atom is 0.417 e. The number of benzene rings is 1. The molecular formula is C11H8F3NO. The summed E-state index contributed by atoms with van der Waals surface area (Å²) >= 11 is 0. The van der Waals surface area contributed by atoms with Gasteiger partial charge in [0.05, 0.1) is 5.56 Å². The highest BCUT2D eigenvalue weighted by Gasteiger charge is 2.32. The molecular weight excluding hydrogens is 219 g/mol. The van der Waals surface area contributed by atoms with Gasteiger partial charge in [-0.15, -0.1) is 0 Å². The molecule has 2 nitrogen and oxygen atoms in total. The van der Waals surface area contributed by atoms with Gasteiger partial charge in [0.1, 0.15) is 0 Å². The first-order chi connectivity index (χ1) is 7.41. The third-order valence-electron chi connectivity index (χ3n) is 2.43. The van der Waals surface area contributed by atoms with Crippen molar-refractivity contribution in [3.05, 3.63) is 46.4 Å². The minimum Gasteiger partial charge on any atom is -0.318 e. The molecule has 0 aliphatic carbocycles. The second-order valence-corrected chi connectivity index (χ2v) is 3.50. The number of alkyl halides is 3. The van der Waals surface area contributed by atoms with Crippen LogP contribution in [0.3, 0.4) is 0 Å². The second kappa shape index (κ2) is 3.37. The van der Waals surface area contributed by atoms with Crippen LogP contribution in [0.1, 0.15) is 5.56 Å². The molecule has 5 heteroatoms. The Labute approximate surface area is 88.9 Å². The average Bonchev–Trinajstić information content (AvgIpc) is 2.21. The molecule has 0 spiro atoms. The van der Waals surface area contributed by atoms with Gasteiger partial charge in [-0.25, -0.2) is 0 Å². The summed E-state index contributed by atoms with van der Waals surface area (Å²) in [6.45, 7) is 0. The van der Waals surface area contributed by atoms with Crippen LogP contribution in [0.15, 0.2) is 35.3 Å². The molecule has 1 aromatic carbocycles. The van der Waals surface area contributed by atoms with Crippen molar-refractivity contribution in [3.63, 3.8) is 0 Å². The first kappa shape index (κ1) is 10.7. The number of aromatic nitrogens is 1. The van der Waals surface area contributed by atoms with Crippen LogP contribution in [0, 0.1) is 0 Å². The smallest absolute Gasteiger partial charge is 0.318 e. The fraction of sp³-hybridized carbons (Fsp3) is 0.182. The molecule has 0 atom stereocenters. The first-order valence-electron chi connectivity index (χ1n) is 4.57. The lowest BCUT2D eigenvalue weighted by Gasteiger charge is -2.10. The van der Waals surface area contributed by atoms with Crippen LogP contribution >= 0.6 is 0 Å². The molecule has 0 aliphatic heterocycles. The summed E-state index contributed by atoms with van der Waals surface area (Å²) in [6, 6.07) is 4.92. The molecule has 0 N–H and O–H groups in total. The van der Waals surface area contributed by atoms with Gasteiger partial charge in [0, 0.05) is 24.0 Å². The normalized spacial score (nSPS) is 12.0. The van der Waals surface area contributed by atoms with Crippen molar-refractivity contribution in [2.45, 2.75) is 6.18 Å². The summed E-state index contributed by atoms with van der Waals surface area (Å²) in [5, 5.41) is 0.0259. The molecule has 0 bridgehead atoms. The van der Waals surface area contributed by atoms with E-state index in [1.807, 2.05) is 0 Å². The molecule has 16 heavy (non-hydrogen) atoms. The highest BCUT2D eigenvalue weighted by molar-refractivity contribution is 5.85. The Bertz CT molecular complexity index is 598. The summed E-state index contributed by atoms with van der Waals surface area (Å²) in [5.41, 5.74) is -1.20. The molecule has 0 unspecified atom stereocenters. The van der Waals surface area contributed by atoms with E-state index in [2.05, 4.69) is 0 Å². The number of hydrogen-bond acceptors (Lipinski definition) is 1. The van der Waals surface area contributed by atoms with E-state index in [0.29, 0.717) is 0 Å². The van der Waals surface area contributed by atoms with Gasteiger partial charge in [-0.2, -0.15) is 13.2 Å². The lowest BCUT2D eigenvalue weighted by molar-refractivity contribution is -0.136. The fourth-order valence-electron chi connectivity index (χ4n) is 1.62. The van der Waals surface area contributed by atoms with Crippen molar-refractivity contribution < 1.29 is 13.2 Å². The molecule has 2 rings (SSSR count). The fourth-order valence-corrected chi connectivity index (χ4v) is 1.62. The Kier molecular flexibility index (Phi) is 2.26. The van der Waals surface area contributed by atoms with Crippen molar-refractivity contribution in [2.24, 2.45) is 7.05 Å². The molecule has 1 heterocycles. The van der Waals surface area contributed by atoms with E-state index in [-0.39, 0.29) is 10.8 Å². The summed E-state index contributed by atoms with van der Waals surface area (Å²) in [7, 11) is 1.50. The lowest BCUT2D eigenvalue weighted by atomic mass is 10.1. The molecule has 0 saturated carbocycles. The molecule has 1 aromatic heterocycles. The largest absolute Gasteiger partial charge is 0.417 e. The number of nitrogens with zero attached hydrogens (tertiary/aromatic N) is 1. The standard InChI is InChI=1S/C11H8F3NO/c1-15-6-5-7-8(10(15)16)3-2-4-9(7)11(12,13)14/h2-6H,1H3. The number of aryl methyl sites for hydroxylation is 1. The van der Waals surface area contributed by atoms with Crippen LogP contribution in [0.2, 0.25) is 0 Å². The van der Waals surface area contributed by atoms with Crippen molar-refractivity contribution in [2.75, 3.05) is 0 Å². The second-order valence-electron chi connectivity index (χ2n) is 3.50. The highest BCUT2D eigenvalue weighted by Crippen LogP contribution is 2.33. The number of hydrogen-bond donors (Lipinski definition) is 0. The average molecular weight is 227 g/mol. The minimum absolute atomic E-state index is 0.0573. The summed E-state index contributed by atoms with van der Waals surface area (Å²) in [6.07, 6.45) is -3.11. The van der Waals surface area contributed by atoms with Crippen LogP contribution in [-0.4, -0.2) is 4.57 Å². The van der Waals surface area contributed by atoms with E-state index in [1.165, 1.54) is 36.0 Å². The predicted octanol–water partition coefficient (Wildman–Crippen LogP) is 2.56. The first-order valence-corrected chi connectivity index (χ1v) is 4.57. The monoisotopic (exact) mass is 227 g/mol. The molecule has 2 aromatic rings. The van der Waals surface area contributed by atoms with Crippen molar-refractivity contribution >= 4 is 10.8 Å². The molecule has 84 valence electrons. The van der Waals surface area contributed by atoms with E-state index in [0.717, 1.165) is 6.07 Å². The van der Waals surface area contributed by atoms with Crippen LogP contribution in [-0.2, 0) is 13.2 Å². The zero-order valence-corrected chi connectivity index (χ0v) is 8.38. The zero-order valence-electron chi connectivity index (χ0n) is 8.38. The Morgan fingerprint density at radius 2 is 1.81 bits per heavy atom. The predicted molar refractivity (Wildman–Crippen MR) is 54.2 cm³/mol. The van der Waals surface area contributed by atoms with Crippen LogP contribution < -0.4 is 5.56 Å². The van der Waals surface area contributed by atoms with E-state index in [9.17, 15) is 18.0 Å². The van der Waals surface area contributed by atoms with Gasteiger partial charge in [0.15, 0.2) is 0 Å². The van der Waals surface area contributed by atoms with E-state index < -0.39 is 17.3 Å². The van der Waals surface area contributed by atoms with Gasteiger partial charge in [-0.05, 0) is 18.2 Å². The van der Waals surface area contributed by atoms with Gasteiger partial charge >= 0.3 is 6.18 Å². The number of fused-ring (bicyclic) bond motifs is 1.